The summed E-state index contributed by atoms with van der Waals surface area (Å²) in [5, 5.41) is 0. The van der Waals surface area contributed by atoms with Crippen molar-refractivity contribution in [2.45, 2.75) is 26.7 Å². The standard InChI is InChI=1S/C8H19NOS/c1-8(2)4-7-11(10)6-3-5-9/h8H,3-7,9H2,1-2H3. The van der Waals surface area contributed by atoms with E-state index in [1.165, 1.54) is 0 Å². The molecule has 0 aromatic rings. The monoisotopic (exact) mass is 177 g/mol. The summed E-state index contributed by atoms with van der Waals surface area (Å²) in [5.74, 6) is 2.29. The predicted octanol–water partition coefficient (Wildman–Crippen LogP) is 1.13. The molecule has 2 nitrogen and oxygen atoms in total. The van der Waals surface area contributed by atoms with Gasteiger partial charge < -0.3 is 5.73 Å². The summed E-state index contributed by atoms with van der Waals surface area (Å²) in [6.07, 6.45) is 1.96. The van der Waals surface area contributed by atoms with Crippen LogP contribution in [0.25, 0.3) is 0 Å². The first-order valence-electron chi connectivity index (χ1n) is 4.22. The molecule has 0 heterocycles. The van der Waals surface area contributed by atoms with Crippen LogP contribution in [0.3, 0.4) is 0 Å². The van der Waals surface area contributed by atoms with Gasteiger partial charge in [-0.15, -0.1) is 0 Å². The van der Waals surface area contributed by atoms with Crippen molar-refractivity contribution in [3.63, 3.8) is 0 Å². The van der Waals surface area contributed by atoms with Crippen LogP contribution in [0.5, 0.6) is 0 Å². The molecule has 0 aliphatic heterocycles. The first kappa shape index (κ1) is 11.1. The predicted molar refractivity (Wildman–Crippen MR) is 51.0 cm³/mol. The van der Waals surface area contributed by atoms with Crippen LogP contribution in [0.1, 0.15) is 26.7 Å². The lowest BCUT2D eigenvalue weighted by Crippen LogP contribution is -2.09. The van der Waals surface area contributed by atoms with Crippen LogP contribution >= 0.6 is 0 Å². The van der Waals surface area contributed by atoms with E-state index < -0.39 is 10.8 Å². The van der Waals surface area contributed by atoms with Gasteiger partial charge in [-0.25, -0.2) is 0 Å². The van der Waals surface area contributed by atoms with E-state index in [4.69, 9.17) is 5.73 Å². The molecule has 11 heavy (non-hydrogen) atoms. The fourth-order valence-electron chi connectivity index (χ4n) is 0.714. The summed E-state index contributed by atoms with van der Waals surface area (Å²) < 4.78 is 11.2. The largest absolute Gasteiger partial charge is 0.330 e. The van der Waals surface area contributed by atoms with E-state index in [1.807, 2.05) is 0 Å². The quantitative estimate of drug-likeness (QED) is 0.661. The van der Waals surface area contributed by atoms with Crippen molar-refractivity contribution in [3.05, 3.63) is 0 Å². The van der Waals surface area contributed by atoms with E-state index in [2.05, 4.69) is 13.8 Å². The number of hydrogen-bond donors (Lipinski definition) is 1. The molecule has 0 fully saturated rings. The van der Waals surface area contributed by atoms with Gasteiger partial charge in [0.15, 0.2) is 0 Å². The third kappa shape index (κ3) is 8.01. The molecule has 0 aliphatic carbocycles. The molecule has 3 heteroatoms. The highest BCUT2D eigenvalue weighted by Crippen LogP contribution is 2.01. The van der Waals surface area contributed by atoms with Gasteiger partial charge >= 0.3 is 0 Å². The minimum absolute atomic E-state index is 0.620. The Morgan fingerprint density at radius 3 is 2.45 bits per heavy atom. The highest BCUT2D eigenvalue weighted by molar-refractivity contribution is 7.84. The maximum Gasteiger partial charge on any atom is 0.0246 e. The molecule has 0 saturated heterocycles. The first-order valence-corrected chi connectivity index (χ1v) is 5.70. The third-order valence-electron chi connectivity index (χ3n) is 1.50. The fourth-order valence-corrected chi connectivity index (χ4v) is 2.14. The van der Waals surface area contributed by atoms with Crippen LogP contribution in [0.15, 0.2) is 0 Å². The third-order valence-corrected chi connectivity index (χ3v) is 2.93. The summed E-state index contributed by atoms with van der Waals surface area (Å²) in [6.45, 7) is 4.97. The Labute approximate surface area is 72.0 Å². The second kappa shape index (κ2) is 6.80. The fraction of sp³-hybridized carbons (Fsp3) is 1.00. The number of nitrogens with two attached hydrogens (primary N) is 1. The van der Waals surface area contributed by atoms with Crippen LogP contribution in [0.2, 0.25) is 0 Å². The molecule has 68 valence electrons. The molecule has 0 bridgehead atoms. The minimum Gasteiger partial charge on any atom is -0.330 e. The van der Waals surface area contributed by atoms with Gasteiger partial charge in [0.05, 0.1) is 0 Å². The number of rotatable bonds is 6. The Morgan fingerprint density at radius 1 is 1.36 bits per heavy atom. The lowest BCUT2D eigenvalue weighted by atomic mass is 10.2. The minimum atomic E-state index is -0.620. The Bertz CT molecular complexity index is 115. The molecule has 0 aromatic carbocycles. The van der Waals surface area contributed by atoms with Crippen molar-refractivity contribution in [1.29, 1.82) is 0 Å². The zero-order valence-corrected chi connectivity index (χ0v) is 8.32. The van der Waals surface area contributed by atoms with Crippen molar-refractivity contribution in [2.24, 2.45) is 11.7 Å². The molecule has 0 rings (SSSR count). The highest BCUT2D eigenvalue weighted by Gasteiger charge is 2.00. The number of hydrogen-bond acceptors (Lipinski definition) is 2. The van der Waals surface area contributed by atoms with Crippen molar-refractivity contribution in [3.8, 4) is 0 Å². The molecule has 2 N–H and O–H groups in total. The van der Waals surface area contributed by atoms with Crippen molar-refractivity contribution < 1.29 is 4.21 Å². The highest BCUT2D eigenvalue weighted by atomic mass is 32.2. The van der Waals surface area contributed by atoms with Crippen LogP contribution in [-0.2, 0) is 10.8 Å². The maximum absolute atomic E-state index is 11.2. The van der Waals surface area contributed by atoms with Crippen LogP contribution in [0.4, 0.5) is 0 Å². The molecule has 0 aliphatic rings. The Kier molecular flexibility index (Phi) is 6.87. The van der Waals surface area contributed by atoms with Gasteiger partial charge in [-0.2, -0.15) is 0 Å². The maximum atomic E-state index is 11.2. The van der Waals surface area contributed by atoms with E-state index in [-0.39, 0.29) is 0 Å². The van der Waals surface area contributed by atoms with Gasteiger partial charge in [0.2, 0.25) is 0 Å². The smallest absolute Gasteiger partial charge is 0.0246 e. The zero-order valence-electron chi connectivity index (χ0n) is 7.51. The summed E-state index contributed by atoms with van der Waals surface area (Å²) in [7, 11) is -0.620. The summed E-state index contributed by atoms with van der Waals surface area (Å²) in [5.41, 5.74) is 5.30. The Balaban J connectivity index is 3.23. The van der Waals surface area contributed by atoms with Crippen molar-refractivity contribution in [1.82, 2.24) is 0 Å². The molecular formula is C8H19NOS. The first-order chi connectivity index (χ1) is 5.16. The SMILES string of the molecule is CC(C)CCS(=O)CCCN. The van der Waals surface area contributed by atoms with E-state index >= 15 is 0 Å². The van der Waals surface area contributed by atoms with Crippen LogP contribution in [-0.4, -0.2) is 22.3 Å². The van der Waals surface area contributed by atoms with Gasteiger partial charge in [-0.05, 0) is 25.3 Å². The Morgan fingerprint density at radius 2 is 2.00 bits per heavy atom. The molecule has 0 amide bonds. The zero-order chi connectivity index (χ0) is 8.69. The second-order valence-corrected chi connectivity index (χ2v) is 4.87. The molecule has 0 aromatic heterocycles. The summed E-state index contributed by atoms with van der Waals surface area (Å²) >= 11 is 0. The van der Waals surface area contributed by atoms with E-state index in [9.17, 15) is 4.21 Å². The average Bonchev–Trinajstić information content (AvgIpc) is 1.97. The molecule has 1 atom stereocenters. The van der Waals surface area contributed by atoms with Gasteiger partial charge in [-0.1, -0.05) is 13.8 Å². The molecule has 0 radical (unpaired) electrons. The van der Waals surface area contributed by atoms with Crippen LogP contribution in [0, 0.1) is 5.92 Å². The molecule has 1 unspecified atom stereocenters. The lowest BCUT2D eigenvalue weighted by molar-refractivity contribution is 0.618. The molecule has 0 spiro atoms. The van der Waals surface area contributed by atoms with Crippen molar-refractivity contribution in [2.75, 3.05) is 18.1 Å². The molecular weight excluding hydrogens is 158 g/mol. The summed E-state index contributed by atoms with van der Waals surface area (Å²) in [4.78, 5) is 0. The van der Waals surface area contributed by atoms with Crippen molar-refractivity contribution >= 4 is 10.8 Å². The second-order valence-electron chi connectivity index (χ2n) is 3.17. The van der Waals surface area contributed by atoms with Gasteiger partial charge in [0.25, 0.3) is 0 Å². The molecule has 0 saturated carbocycles. The average molecular weight is 177 g/mol. The summed E-state index contributed by atoms with van der Waals surface area (Å²) in [6, 6.07) is 0. The van der Waals surface area contributed by atoms with Gasteiger partial charge in [0.1, 0.15) is 0 Å². The van der Waals surface area contributed by atoms with Gasteiger partial charge in [0, 0.05) is 22.3 Å². The van der Waals surface area contributed by atoms with E-state index in [0.717, 1.165) is 24.3 Å². The van der Waals surface area contributed by atoms with E-state index in [1.54, 1.807) is 0 Å². The van der Waals surface area contributed by atoms with E-state index in [0.29, 0.717) is 12.5 Å². The van der Waals surface area contributed by atoms with Gasteiger partial charge in [-0.3, -0.25) is 4.21 Å². The topological polar surface area (TPSA) is 43.1 Å². The normalized spacial score (nSPS) is 13.8. The van der Waals surface area contributed by atoms with Crippen LogP contribution < -0.4 is 5.73 Å². The Hall–Kier alpha value is 0.110. The lowest BCUT2D eigenvalue weighted by Gasteiger charge is -2.03.